The summed E-state index contributed by atoms with van der Waals surface area (Å²) in [6, 6.07) is 2.92. The van der Waals surface area contributed by atoms with Gasteiger partial charge < -0.3 is 5.73 Å². The van der Waals surface area contributed by atoms with Crippen LogP contribution in [0.5, 0.6) is 0 Å². The van der Waals surface area contributed by atoms with Gasteiger partial charge in [-0.25, -0.2) is 18.1 Å². The largest absolute Gasteiger partial charge is 0.388 e. The van der Waals surface area contributed by atoms with Crippen molar-refractivity contribution in [3.63, 3.8) is 0 Å². The predicted molar refractivity (Wildman–Crippen MR) is 76.3 cm³/mol. The molecule has 100 valence electrons. The van der Waals surface area contributed by atoms with Gasteiger partial charge in [0.05, 0.1) is 17.7 Å². The van der Waals surface area contributed by atoms with Gasteiger partial charge in [-0.1, -0.05) is 12.2 Å². The number of nitrogens with one attached hydrogen (secondary N) is 1. The number of pyridine rings is 1. The average molecular weight is 314 g/mol. The highest BCUT2D eigenvalue weighted by atomic mass is 32.2. The fraction of sp³-hybridized carbons (Fsp3) is 0.100. The molecule has 0 unspecified atom stereocenters. The van der Waals surface area contributed by atoms with Gasteiger partial charge in [0.1, 0.15) is 15.6 Å². The van der Waals surface area contributed by atoms with E-state index in [9.17, 15) is 8.42 Å². The topological polar surface area (TPSA) is 98.0 Å². The summed E-state index contributed by atoms with van der Waals surface area (Å²) in [4.78, 5) is 7.80. The van der Waals surface area contributed by atoms with Crippen molar-refractivity contribution in [2.24, 2.45) is 5.73 Å². The Balaban J connectivity index is 2.27. The lowest BCUT2D eigenvalue weighted by atomic mass is 10.3. The van der Waals surface area contributed by atoms with Gasteiger partial charge in [-0.3, -0.25) is 4.98 Å². The molecule has 0 bridgehead atoms. The van der Waals surface area contributed by atoms with Gasteiger partial charge in [0.25, 0.3) is 0 Å². The van der Waals surface area contributed by atoms with Crippen LogP contribution in [0.4, 0.5) is 0 Å². The Morgan fingerprint density at radius 1 is 1.47 bits per heavy atom. The monoisotopic (exact) mass is 314 g/mol. The molecule has 0 spiro atoms. The summed E-state index contributed by atoms with van der Waals surface area (Å²) in [6.07, 6.45) is 1.44. The van der Waals surface area contributed by atoms with Crippen LogP contribution in [-0.2, 0) is 16.6 Å². The minimum atomic E-state index is -3.73. The number of nitrogens with two attached hydrogens (primary N) is 1. The third-order valence-corrected chi connectivity index (χ3v) is 4.48. The number of aromatic nitrogens is 2. The Morgan fingerprint density at radius 2 is 2.26 bits per heavy atom. The van der Waals surface area contributed by atoms with Gasteiger partial charge >= 0.3 is 0 Å². The standard InChI is InChI=1S/C10H10N4O2S3/c11-10(17)9-8(2-1-3-12-9)19(15,16)14-4-7-5-18-6-13-7/h1-3,5-6,14H,4H2,(H2,11,17). The molecule has 19 heavy (non-hydrogen) atoms. The maximum Gasteiger partial charge on any atom is 0.243 e. The van der Waals surface area contributed by atoms with Gasteiger partial charge in [-0.05, 0) is 12.1 Å². The molecular formula is C10H10N4O2S3. The van der Waals surface area contributed by atoms with E-state index in [1.54, 1.807) is 10.9 Å². The zero-order valence-corrected chi connectivity index (χ0v) is 12.1. The number of rotatable bonds is 5. The van der Waals surface area contributed by atoms with Crippen molar-refractivity contribution in [2.75, 3.05) is 0 Å². The first-order chi connectivity index (χ1) is 9.00. The highest BCUT2D eigenvalue weighted by molar-refractivity contribution is 7.89. The number of nitrogens with zero attached hydrogens (tertiary/aromatic N) is 2. The maximum absolute atomic E-state index is 12.2. The number of hydrogen-bond donors (Lipinski definition) is 2. The highest BCUT2D eigenvalue weighted by Gasteiger charge is 2.20. The Bertz CT molecular complexity index is 683. The van der Waals surface area contributed by atoms with E-state index >= 15 is 0 Å². The lowest BCUT2D eigenvalue weighted by molar-refractivity contribution is 0.580. The Labute approximate surface area is 119 Å². The van der Waals surface area contributed by atoms with Crippen molar-refractivity contribution in [3.8, 4) is 0 Å². The van der Waals surface area contributed by atoms with E-state index in [4.69, 9.17) is 18.0 Å². The van der Waals surface area contributed by atoms with Crippen molar-refractivity contribution < 1.29 is 8.42 Å². The van der Waals surface area contributed by atoms with E-state index in [2.05, 4.69) is 14.7 Å². The molecule has 0 saturated heterocycles. The molecular weight excluding hydrogens is 304 g/mol. The second-order valence-electron chi connectivity index (χ2n) is 3.52. The molecule has 2 aromatic heterocycles. The zero-order chi connectivity index (χ0) is 13.9. The summed E-state index contributed by atoms with van der Waals surface area (Å²) in [6.45, 7) is 0.109. The molecule has 9 heteroatoms. The average Bonchev–Trinajstić information content (AvgIpc) is 2.89. The first-order valence-electron chi connectivity index (χ1n) is 5.12. The molecule has 2 aromatic rings. The molecule has 0 amide bonds. The van der Waals surface area contributed by atoms with E-state index in [-0.39, 0.29) is 22.1 Å². The summed E-state index contributed by atoms with van der Waals surface area (Å²) >= 11 is 6.19. The molecule has 0 saturated carbocycles. The summed E-state index contributed by atoms with van der Waals surface area (Å²) < 4.78 is 26.8. The van der Waals surface area contributed by atoms with E-state index in [1.807, 2.05) is 0 Å². The van der Waals surface area contributed by atoms with Crippen LogP contribution in [0.3, 0.4) is 0 Å². The van der Waals surface area contributed by atoms with Crippen molar-refractivity contribution >= 4 is 38.6 Å². The minimum absolute atomic E-state index is 0.0299. The van der Waals surface area contributed by atoms with Crippen LogP contribution in [-0.4, -0.2) is 23.4 Å². The van der Waals surface area contributed by atoms with Gasteiger partial charge in [-0.2, -0.15) is 0 Å². The quantitative estimate of drug-likeness (QED) is 0.786. The SMILES string of the molecule is NC(=S)c1ncccc1S(=O)(=O)NCc1cscn1. The lowest BCUT2D eigenvalue weighted by Gasteiger charge is -2.08. The van der Waals surface area contributed by atoms with Crippen LogP contribution < -0.4 is 10.5 Å². The lowest BCUT2D eigenvalue weighted by Crippen LogP contribution is -2.27. The Kier molecular flexibility index (Phi) is 4.20. The van der Waals surface area contributed by atoms with Crippen molar-refractivity contribution in [1.82, 2.24) is 14.7 Å². The molecule has 0 aromatic carbocycles. The number of thiazole rings is 1. The van der Waals surface area contributed by atoms with Crippen LogP contribution in [0.1, 0.15) is 11.4 Å². The molecule has 0 aliphatic rings. The minimum Gasteiger partial charge on any atom is -0.388 e. The summed E-state index contributed by atoms with van der Waals surface area (Å²) in [5.41, 5.74) is 7.84. The van der Waals surface area contributed by atoms with Crippen molar-refractivity contribution in [1.29, 1.82) is 0 Å². The smallest absolute Gasteiger partial charge is 0.243 e. The van der Waals surface area contributed by atoms with Crippen molar-refractivity contribution in [3.05, 3.63) is 40.6 Å². The third-order valence-electron chi connectivity index (χ3n) is 2.22. The van der Waals surface area contributed by atoms with Crippen LogP contribution in [0.25, 0.3) is 0 Å². The zero-order valence-electron chi connectivity index (χ0n) is 9.61. The predicted octanol–water partition coefficient (Wildman–Crippen LogP) is 0.651. The molecule has 0 radical (unpaired) electrons. The van der Waals surface area contributed by atoms with E-state index in [0.29, 0.717) is 5.69 Å². The first kappa shape index (κ1) is 14.0. The van der Waals surface area contributed by atoms with Gasteiger partial charge in [0.2, 0.25) is 10.0 Å². The molecule has 0 atom stereocenters. The van der Waals surface area contributed by atoms with Crippen LogP contribution in [0.2, 0.25) is 0 Å². The molecule has 6 nitrogen and oxygen atoms in total. The Morgan fingerprint density at radius 3 is 2.89 bits per heavy atom. The van der Waals surface area contributed by atoms with E-state index < -0.39 is 10.0 Å². The molecule has 3 N–H and O–H groups in total. The second-order valence-corrected chi connectivity index (χ2v) is 6.41. The van der Waals surface area contributed by atoms with Gasteiger partial charge in [0.15, 0.2) is 0 Å². The van der Waals surface area contributed by atoms with Crippen LogP contribution in [0, 0.1) is 0 Å². The normalized spacial score (nSPS) is 11.4. The molecule has 2 rings (SSSR count). The third kappa shape index (κ3) is 3.32. The van der Waals surface area contributed by atoms with Crippen LogP contribution >= 0.6 is 23.6 Å². The molecule has 0 fully saturated rings. The first-order valence-corrected chi connectivity index (χ1v) is 7.95. The van der Waals surface area contributed by atoms with E-state index in [0.717, 1.165) is 0 Å². The highest BCUT2D eigenvalue weighted by Crippen LogP contribution is 2.13. The van der Waals surface area contributed by atoms with Crippen LogP contribution in [0.15, 0.2) is 34.1 Å². The Hall–Kier alpha value is -1.42. The fourth-order valence-electron chi connectivity index (χ4n) is 1.36. The van der Waals surface area contributed by atoms with Gasteiger partial charge in [-0.15, -0.1) is 11.3 Å². The number of thiocarbonyl (C=S) groups is 1. The number of hydrogen-bond acceptors (Lipinski definition) is 6. The summed E-state index contributed by atoms with van der Waals surface area (Å²) in [5, 5.41) is 1.76. The molecule has 0 aliphatic carbocycles. The second kappa shape index (κ2) is 5.70. The van der Waals surface area contributed by atoms with Crippen molar-refractivity contribution in [2.45, 2.75) is 11.4 Å². The van der Waals surface area contributed by atoms with Gasteiger partial charge in [0, 0.05) is 11.6 Å². The molecule has 0 aliphatic heterocycles. The van der Waals surface area contributed by atoms with E-state index in [1.165, 1.54) is 29.7 Å². The number of sulfonamides is 1. The fourth-order valence-corrected chi connectivity index (χ4v) is 3.32. The summed E-state index contributed by atoms with van der Waals surface area (Å²) in [7, 11) is -3.73. The summed E-state index contributed by atoms with van der Waals surface area (Å²) in [5.74, 6) is 0. The maximum atomic E-state index is 12.2. The molecule has 2 heterocycles.